The second-order valence-electron chi connectivity index (χ2n) is 4.93. The van der Waals surface area contributed by atoms with Crippen LogP contribution in [0.25, 0.3) is 0 Å². The Kier molecular flexibility index (Phi) is 4.89. The summed E-state index contributed by atoms with van der Waals surface area (Å²) < 4.78 is 5.96. The summed E-state index contributed by atoms with van der Waals surface area (Å²) in [7, 11) is 2.04. The first-order valence-electron chi connectivity index (χ1n) is 6.84. The van der Waals surface area contributed by atoms with Crippen molar-refractivity contribution in [3.05, 3.63) is 34.6 Å². The number of rotatable bonds is 6. The Balaban J connectivity index is 1.87. The van der Waals surface area contributed by atoms with Crippen molar-refractivity contribution in [3.63, 3.8) is 0 Å². The first kappa shape index (κ1) is 14.7. The molecule has 20 heavy (non-hydrogen) atoms. The molecule has 2 rings (SSSR count). The first-order valence-corrected chi connectivity index (χ1v) is 7.61. The highest BCUT2D eigenvalue weighted by Crippen LogP contribution is 2.12. The maximum Gasteiger partial charge on any atom is 0.265 e. The lowest BCUT2D eigenvalue weighted by Gasteiger charge is -2.13. The van der Waals surface area contributed by atoms with Crippen LogP contribution < -0.4 is 5.32 Å². The monoisotopic (exact) mass is 292 g/mol. The van der Waals surface area contributed by atoms with Gasteiger partial charge in [-0.2, -0.15) is 0 Å². The largest absolute Gasteiger partial charge is 0.354 e. The zero-order valence-corrected chi connectivity index (χ0v) is 12.9. The highest BCUT2D eigenvalue weighted by Gasteiger charge is 2.16. The number of carbonyl (C=O) groups is 1. The summed E-state index contributed by atoms with van der Waals surface area (Å²) >= 11 is 1.17. The van der Waals surface area contributed by atoms with Crippen LogP contribution in [0.1, 0.15) is 41.3 Å². The van der Waals surface area contributed by atoms with Gasteiger partial charge < -0.3 is 9.88 Å². The van der Waals surface area contributed by atoms with Gasteiger partial charge in [-0.25, -0.2) is 0 Å². The third kappa shape index (κ3) is 3.45. The van der Waals surface area contributed by atoms with E-state index in [-0.39, 0.29) is 11.9 Å². The van der Waals surface area contributed by atoms with Crippen LogP contribution in [0.4, 0.5) is 0 Å². The average Bonchev–Trinajstić information content (AvgIpc) is 3.04. The van der Waals surface area contributed by atoms with E-state index in [2.05, 4.69) is 25.5 Å². The third-order valence-electron chi connectivity index (χ3n) is 3.36. The van der Waals surface area contributed by atoms with Crippen molar-refractivity contribution in [3.8, 4) is 0 Å². The Morgan fingerprint density at radius 1 is 1.55 bits per heavy atom. The van der Waals surface area contributed by atoms with Gasteiger partial charge in [0.15, 0.2) is 0 Å². The molecular weight excluding hydrogens is 272 g/mol. The Morgan fingerprint density at radius 3 is 3.00 bits per heavy atom. The minimum atomic E-state index is -0.0590. The molecule has 6 heteroatoms. The molecule has 0 aliphatic carbocycles. The summed E-state index contributed by atoms with van der Waals surface area (Å²) in [5.41, 5.74) is 2.06. The van der Waals surface area contributed by atoms with Gasteiger partial charge in [-0.3, -0.25) is 4.79 Å². The van der Waals surface area contributed by atoms with Crippen LogP contribution in [0.3, 0.4) is 0 Å². The predicted octanol–water partition coefficient (Wildman–Crippen LogP) is 2.19. The first-order chi connectivity index (χ1) is 9.61. The predicted molar refractivity (Wildman–Crippen MR) is 79.9 cm³/mol. The SMILES string of the molecule is CCc1nnsc1C(=O)N[C@@H](C)CCc1cccn1C. The third-order valence-corrected chi connectivity index (χ3v) is 4.13. The molecule has 1 amide bonds. The molecule has 2 aromatic rings. The van der Waals surface area contributed by atoms with Crippen LogP contribution >= 0.6 is 11.5 Å². The molecule has 0 saturated heterocycles. The van der Waals surface area contributed by atoms with E-state index in [9.17, 15) is 4.79 Å². The van der Waals surface area contributed by atoms with E-state index < -0.39 is 0 Å². The Hall–Kier alpha value is -1.69. The molecule has 0 aromatic carbocycles. The average molecular weight is 292 g/mol. The van der Waals surface area contributed by atoms with Crippen molar-refractivity contribution in [2.45, 2.75) is 39.2 Å². The van der Waals surface area contributed by atoms with Crippen molar-refractivity contribution in [1.29, 1.82) is 0 Å². The highest BCUT2D eigenvalue weighted by molar-refractivity contribution is 7.08. The number of amides is 1. The van der Waals surface area contributed by atoms with E-state index in [0.717, 1.165) is 25.0 Å². The molecule has 1 atom stereocenters. The Labute approximate surface area is 123 Å². The number of aromatic nitrogens is 3. The molecule has 0 unspecified atom stereocenters. The van der Waals surface area contributed by atoms with E-state index >= 15 is 0 Å². The van der Waals surface area contributed by atoms with E-state index in [1.165, 1.54) is 17.2 Å². The fraction of sp³-hybridized carbons (Fsp3) is 0.500. The molecule has 0 fully saturated rings. The zero-order chi connectivity index (χ0) is 14.5. The van der Waals surface area contributed by atoms with Gasteiger partial charge in [-0.05, 0) is 49.9 Å². The van der Waals surface area contributed by atoms with Crippen LogP contribution in [0.5, 0.6) is 0 Å². The summed E-state index contributed by atoms with van der Waals surface area (Å²) in [5.74, 6) is -0.0590. The molecule has 0 spiro atoms. The molecule has 0 saturated carbocycles. The van der Waals surface area contributed by atoms with Crippen molar-refractivity contribution >= 4 is 17.4 Å². The van der Waals surface area contributed by atoms with Gasteiger partial charge in [0, 0.05) is 25.0 Å². The summed E-state index contributed by atoms with van der Waals surface area (Å²) in [6.45, 7) is 4.01. The van der Waals surface area contributed by atoms with Crippen molar-refractivity contribution in [2.75, 3.05) is 0 Å². The van der Waals surface area contributed by atoms with Crippen LogP contribution in [-0.4, -0.2) is 26.1 Å². The molecule has 0 aliphatic heterocycles. The molecule has 1 N–H and O–H groups in total. The van der Waals surface area contributed by atoms with Crippen molar-refractivity contribution in [1.82, 2.24) is 19.5 Å². The standard InChI is InChI=1S/C14H20N4OS/c1-4-12-13(20-17-16-12)14(19)15-10(2)7-8-11-6-5-9-18(11)3/h5-6,9-10H,4,7-8H2,1-3H3,(H,15,19)/t10-/m0/s1. The van der Waals surface area contributed by atoms with Gasteiger partial charge in [-0.1, -0.05) is 11.4 Å². The molecule has 0 aliphatic rings. The number of hydrogen-bond acceptors (Lipinski definition) is 4. The van der Waals surface area contributed by atoms with Gasteiger partial charge in [0.25, 0.3) is 5.91 Å². The summed E-state index contributed by atoms with van der Waals surface area (Å²) in [4.78, 5) is 12.8. The molecule has 108 valence electrons. The molecular formula is C14H20N4OS. The van der Waals surface area contributed by atoms with Crippen LogP contribution in [0.15, 0.2) is 18.3 Å². The smallest absolute Gasteiger partial charge is 0.265 e. The number of nitrogens with one attached hydrogen (secondary N) is 1. The van der Waals surface area contributed by atoms with Gasteiger partial charge in [0.1, 0.15) is 4.88 Å². The minimum absolute atomic E-state index is 0.0590. The lowest BCUT2D eigenvalue weighted by atomic mass is 10.1. The second kappa shape index (κ2) is 6.65. The minimum Gasteiger partial charge on any atom is -0.354 e. The van der Waals surface area contributed by atoms with E-state index in [1.54, 1.807) is 0 Å². The number of carbonyl (C=O) groups excluding carboxylic acids is 1. The second-order valence-corrected chi connectivity index (χ2v) is 5.68. The molecule has 2 heterocycles. The lowest BCUT2D eigenvalue weighted by Crippen LogP contribution is -2.33. The fourth-order valence-corrected chi connectivity index (χ4v) is 2.75. The fourth-order valence-electron chi connectivity index (χ4n) is 2.09. The number of nitrogens with zero attached hydrogens (tertiary/aromatic N) is 3. The zero-order valence-electron chi connectivity index (χ0n) is 12.1. The van der Waals surface area contributed by atoms with Gasteiger partial charge in [0.2, 0.25) is 0 Å². The molecule has 2 aromatic heterocycles. The van der Waals surface area contributed by atoms with E-state index in [0.29, 0.717) is 4.88 Å². The number of hydrogen-bond donors (Lipinski definition) is 1. The number of aryl methyl sites for hydroxylation is 3. The quantitative estimate of drug-likeness (QED) is 0.888. The topological polar surface area (TPSA) is 59.8 Å². The van der Waals surface area contributed by atoms with Crippen molar-refractivity contribution in [2.24, 2.45) is 7.05 Å². The van der Waals surface area contributed by atoms with Gasteiger partial charge in [0.05, 0.1) is 5.69 Å². The van der Waals surface area contributed by atoms with Crippen LogP contribution in [0.2, 0.25) is 0 Å². The summed E-state index contributed by atoms with van der Waals surface area (Å²) in [5, 5.41) is 6.99. The van der Waals surface area contributed by atoms with Gasteiger partial charge in [-0.15, -0.1) is 5.10 Å². The maximum atomic E-state index is 12.1. The highest BCUT2D eigenvalue weighted by atomic mass is 32.1. The Morgan fingerprint density at radius 2 is 2.35 bits per heavy atom. The van der Waals surface area contributed by atoms with E-state index in [1.807, 2.05) is 33.2 Å². The van der Waals surface area contributed by atoms with Crippen LogP contribution in [0, 0.1) is 0 Å². The summed E-state index contributed by atoms with van der Waals surface area (Å²) in [6, 6.07) is 4.27. The maximum absolute atomic E-state index is 12.1. The van der Waals surface area contributed by atoms with Gasteiger partial charge >= 0.3 is 0 Å². The van der Waals surface area contributed by atoms with Crippen molar-refractivity contribution < 1.29 is 4.79 Å². The molecule has 5 nitrogen and oxygen atoms in total. The molecule has 0 radical (unpaired) electrons. The summed E-state index contributed by atoms with van der Waals surface area (Å²) in [6.07, 6.45) is 4.63. The van der Waals surface area contributed by atoms with Crippen LogP contribution in [-0.2, 0) is 19.9 Å². The molecule has 0 bridgehead atoms. The normalized spacial score (nSPS) is 12.3. The van der Waals surface area contributed by atoms with E-state index in [4.69, 9.17) is 0 Å². The lowest BCUT2D eigenvalue weighted by molar-refractivity contribution is 0.0941. The Bertz CT molecular complexity index is 575.